The Bertz CT molecular complexity index is 858. The normalized spacial score (nSPS) is 10.8. The van der Waals surface area contributed by atoms with Crippen LogP contribution in [0.25, 0.3) is 0 Å². The fraction of sp³-hybridized carbons (Fsp3) is 0.111. The lowest BCUT2D eigenvalue weighted by molar-refractivity contribution is -0.112. The second kappa shape index (κ2) is 8.43. The van der Waals surface area contributed by atoms with Crippen molar-refractivity contribution in [1.29, 1.82) is 5.26 Å². The van der Waals surface area contributed by atoms with E-state index in [1.54, 1.807) is 61.5 Å². The van der Waals surface area contributed by atoms with Gasteiger partial charge in [-0.05, 0) is 30.3 Å². The highest BCUT2D eigenvalue weighted by molar-refractivity contribution is 6.35. The molecule has 0 atom stereocenters. The molecule has 25 heavy (non-hydrogen) atoms. The lowest BCUT2D eigenvalue weighted by Crippen LogP contribution is -2.16. The van der Waals surface area contributed by atoms with Gasteiger partial charge < -0.3 is 15.0 Å². The number of rotatable bonds is 5. The van der Waals surface area contributed by atoms with E-state index in [-0.39, 0.29) is 5.57 Å². The summed E-state index contributed by atoms with van der Waals surface area (Å²) in [4.78, 5) is 13.9. The number of ether oxygens (including phenoxy) is 1. The minimum Gasteiger partial charge on any atom is -0.454 e. The number of anilines is 1. The van der Waals surface area contributed by atoms with E-state index in [1.807, 2.05) is 6.07 Å². The van der Waals surface area contributed by atoms with Gasteiger partial charge in [-0.2, -0.15) is 5.26 Å². The van der Waals surface area contributed by atoms with E-state index < -0.39 is 5.91 Å². The Morgan fingerprint density at radius 3 is 2.56 bits per heavy atom. The summed E-state index contributed by atoms with van der Waals surface area (Å²) >= 11 is 12.0. The van der Waals surface area contributed by atoms with Crippen molar-refractivity contribution in [2.45, 2.75) is 0 Å². The van der Waals surface area contributed by atoms with Crippen molar-refractivity contribution in [3.63, 3.8) is 0 Å². The molecule has 0 spiro atoms. The van der Waals surface area contributed by atoms with Crippen LogP contribution in [-0.4, -0.2) is 24.9 Å². The third-order valence-corrected chi connectivity index (χ3v) is 3.53. The quantitative estimate of drug-likeness (QED) is 0.607. The van der Waals surface area contributed by atoms with Gasteiger partial charge in [-0.3, -0.25) is 4.79 Å². The van der Waals surface area contributed by atoms with E-state index >= 15 is 0 Å². The molecule has 1 N–H and O–H groups in total. The molecule has 0 bridgehead atoms. The van der Waals surface area contributed by atoms with Crippen LogP contribution in [0.3, 0.4) is 0 Å². The molecule has 1 amide bonds. The predicted octanol–water partition coefficient (Wildman–Crippen LogP) is 4.69. The van der Waals surface area contributed by atoms with Gasteiger partial charge in [-0.15, -0.1) is 0 Å². The van der Waals surface area contributed by atoms with Crippen molar-refractivity contribution >= 4 is 34.8 Å². The van der Waals surface area contributed by atoms with Crippen LogP contribution < -0.4 is 10.1 Å². The molecule has 2 rings (SSSR count). The van der Waals surface area contributed by atoms with Crippen molar-refractivity contribution in [2.75, 3.05) is 19.4 Å². The maximum Gasteiger partial charge on any atom is 0.267 e. The zero-order valence-corrected chi connectivity index (χ0v) is 15.1. The molecule has 0 heterocycles. The molecule has 0 saturated carbocycles. The highest BCUT2D eigenvalue weighted by Crippen LogP contribution is 2.35. The maximum atomic E-state index is 12.3. The highest BCUT2D eigenvalue weighted by atomic mass is 35.5. The Kier molecular flexibility index (Phi) is 6.29. The summed E-state index contributed by atoms with van der Waals surface area (Å²) in [6.45, 7) is 0. The number of para-hydroxylation sites is 2. The summed E-state index contributed by atoms with van der Waals surface area (Å²) in [5.41, 5.74) is 0.391. The summed E-state index contributed by atoms with van der Waals surface area (Å²) in [7, 11) is 3.45. The van der Waals surface area contributed by atoms with Crippen molar-refractivity contribution in [3.05, 3.63) is 64.3 Å². The number of benzene rings is 2. The van der Waals surface area contributed by atoms with Crippen molar-refractivity contribution in [2.24, 2.45) is 0 Å². The standard InChI is InChI=1S/C18H15Cl2N3O2/c1-23(2)11-12(10-21)18(24)22-15-5-3-4-6-17(15)25-16-8-7-13(19)9-14(16)20/h3-9,11H,1-2H3,(H,22,24)/b12-11-. The molecule has 5 nitrogen and oxygen atoms in total. The SMILES string of the molecule is CN(C)/C=C(/C#N)C(=O)Nc1ccccc1Oc1ccc(Cl)cc1Cl. The van der Waals surface area contributed by atoms with Gasteiger partial charge in [0.25, 0.3) is 5.91 Å². The molecule has 0 aliphatic carbocycles. The lowest BCUT2D eigenvalue weighted by atomic mass is 10.2. The van der Waals surface area contributed by atoms with Crippen LogP contribution in [-0.2, 0) is 4.79 Å². The fourth-order valence-corrected chi connectivity index (χ4v) is 2.37. The molecular weight excluding hydrogens is 361 g/mol. The van der Waals surface area contributed by atoms with E-state index in [1.165, 1.54) is 6.20 Å². The third-order valence-electron chi connectivity index (χ3n) is 3.00. The van der Waals surface area contributed by atoms with Gasteiger partial charge in [0, 0.05) is 25.3 Å². The summed E-state index contributed by atoms with van der Waals surface area (Å²) in [5.74, 6) is 0.258. The average Bonchev–Trinajstić information content (AvgIpc) is 2.56. The van der Waals surface area contributed by atoms with Crippen LogP contribution in [0.1, 0.15) is 0 Å². The molecule has 0 fully saturated rings. The first-order chi connectivity index (χ1) is 11.9. The van der Waals surface area contributed by atoms with Gasteiger partial charge in [0.15, 0.2) is 5.75 Å². The minimum absolute atomic E-state index is 0.0238. The molecule has 0 aromatic heterocycles. The first kappa shape index (κ1) is 18.7. The predicted molar refractivity (Wildman–Crippen MR) is 99.0 cm³/mol. The third kappa shape index (κ3) is 5.15. The molecular formula is C18H15Cl2N3O2. The maximum absolute atomic E-state index is 12.3. The van der Waals surface area contributed by atoms with Crippen molar-refractivity contribution in [1.82, 2.24) is 4.90 Å². The number of nitrogens with zero attached hydrogens (tertiary/aromatic N) is 2. The van der Waals surface area contributed by atoms with Gasteiger partial charge in [0.05, 0.1) is 10.7 Å². The summed E-state index contributed by atoms with van der Waals surface area (Å²) in [6, 6.07) is 13.6. The van der Waals surface area contributed by atoms with E-state index in [2.05, 4.69) is 5.32 Å². The van der Waals surface area contributed by atoms with E-state index in [4.69, 9.17) is 33.2 Å². The first-order valence-electron chi connectivity index (χ1n) is 7.22. The molecule has 2 aromatic rings. The Hall–Kier alpha value is -2.68. The minimum atomic E-state index is -0.533. The van der Waals surface area contributed by atoms with Crippen LogP contribution in [0.2, 0.25) is 10.0 Å². The van der Waals surface area contributed by atoms with Crippen molar-refractivity contribution < 1.29 is 9.53 Å². The number of halogens is 2. The largest absolute Gasteiger partial charge is 0.454 e. The van der Waals surface area contributed by atoms with E-state index in [9.17, 15) is 4.79 Å². The summed E-state index contributed by atoms with van der Waals surface area (Å²) in [5, 5.41) is 12.6. The zero-order valence-electron chi connectivity index (χ0n) is 13.6. The second-order valence-electron chi connectivity index (χ2n) is 5.25. The lowest BCUT2D eigenvalue weighted by Gasteiger charge is -2.13. The monoisotopic (exact) mass is 375 g/mol. The van der Waals surface area contributed by atoms with Gasteiger partial charge in [-0.1, -0.05) is 35.3 Å². The molecule has 128 valence electrons. The van der Waals surface area contributed by atoms with Gasteiger partial charge >= 0.3 is 0 Å². The average molecular weight is 376 g/mol. The van der Waals surface area contributed by atoms with Crippen LogP contribution in [0.5, 0.6) is 11.5 Å². The van der Waals surface area contributed by atoms with E-state index in [0.717, 1.165) is 0 Å². The molecule has 0 unspecified atom stereocenters. The number of amides is 1. The number of nitrogens with one attached hydrogen (secondary N) is 1. The number of hydrogen-bond acceptors (Lipinski definition) is 4. The number of nitriles is 1. The molecule has 7 heteroatoms. The smallest absolute Gasteiger partial charge is 0.267 e. The Morgan fingerprint density at radius 2 is 1.92 bits per heavy atom. The molecule has 0 aliphatic rings. The van der Waals surface area contributed by atoms with Gasteiger partial charge in [-0.25, -0.2) is 0 Å². The number of carbonyl (C=O) groups excluding carboxylic acids is 1. The van der Waals surface area contributed by atoms with Crippen LogP contribution in [0, 0.1) is 11.3 Å². The number of hydrogen-bond donors (Lipinski definition) is 1. The van der Waals surface area contributed by atoms with Gasteiger partial charge in [0.2, 0.25) is 0 Å². The fourth-order valence-electron chi connectivity index (χ4n) is 1.92. The van der Waals surface area contributed by atoms with Crippen molar-refractivity contribution in [3.8, 4) is 17.6 Å². The Balaban J connectivity index is 2.26. The Morgan fingerprint density at radius 1 is 1.20 bits per heavy atom. The van der Waals surface area contributed by atoms with Gasteiger partial charge in [0.1, 0.15) is 17.4 Å². The van der Waals surface area contributed by atoms with Crippen LogP contribution in [0.4, 0.5) is 5.69 Å². The zero-order chi connectivity index (χ0) is 18.4. The van der Waals surface area contributed by atoms with Crippen LogP contribution >= 0.6 is 23.2 Å². The summed E-state index contributed by atoms with van der Waals surface area (Å²) in [6.07, 6.45) is 1.44. The number of carbonyl (C=O) groups is 1. The van der Waals surface area contributed by atoms with Crippen LogP contribution in [0.15, 0.2) is 54.2 Å². The Labute approximate surface area is 156 Å². The molecule has 2 aromatic carbocycles. The van der Waals surface area contributed by atoms with E-state index in [0.29, 0.717) is 27.2 Å². The molecule has 0 saturated heterocycles. The first-order valence-corrected chi connectivity index (χ1v) is 7.98. The topological polar surface area (TPSA) is 65.4 Å². The molecule has 0 aliphatic heterocycles. The second-order valence-corrected chi connectivity index (χ2v) is 6.09. The molecule has 0 radical (unpaired) electrons. The summed E-state index contributed by atoms with van der Waals surface area (Å²) < 4.78 is 5.77. The highest BCUT2D eigenvalue weighted by Gasteiger charge is 2.14.